The molecule has 1 heterocycles. The summed E-state index contributed by atoms with van der Waals surface area (Å²) in [6, 6.07) is 24.0. The number of aliphatic hydroxyl groups excluding tert-OH is 1. The molecular weight excluding hydrogens is 390 g/mol. The van der Waals surface area contributed by atoms with Gasteiger partial charge in [-0.25, -0.2) is 4.98 Å². The van der Waals surface area contributed by atoms with Crippen molar-refractivity contribution < 1.29 is 9.90 Å². The van der Waals surface area contributed by atoms with E-state index in [1.54, 1.807) is 42.5 Å². The Morgan fingerprint density at radius 1 is 0.968 bits per heavy atom. The van der Waals surface area contributed by atoms with E-state index in [0.717, 1.165) is 5.56 Å². The van der Waals surface area contributed by atoms with Crippen LogP contribution in [0.25, 0.3) is 10.9 Å². The average molecular weight is 413 g/mol. The third-order valence-electron chi connectivity index (χ3n) is 5.16. The number of aromatic nitrogens is 2. The fourth-order valence-electron chi connectivity index (χ4n) is 3.44. The van der Waals surface area contributed by atoms with Crippen molar-refractivity contribution in [3.63, 3.8) is 0 Å². The van der Waals surface area contributed by atoms with E-state index in [1.165, 1.54) is 10.9 Å². The minimum Gasteiger partial charge on any atom is -0.387 e. The van der Waals surface area contributed by atoms with E-state index in [4.69, 9.17) is 0 Å². The molecule has 31 heavy (non-hydrogen) atoms. The number of fused-ring (bicyclic) bond motifs is 1. The first-order valence-electron chi connectivity index (χ1n) is 10.2. The zero-order chi connectivity index (χ0) is 21.6. The number of nitrogens with zero attached hydrogens (tertiary/aromatic N) is 2. The van der Waals surface area contributed by atoms with Crippen LogP contribution in [0, 0.1) is 0 Å². The van der Waals surface area contributed by atoms with Gasteiger partial charge in [0.05, 0.1) is 29.9 Å². The standard InChI is InChI=1S/C25H23N3O3/c29-23(16-28-17-26-22-9-5-4-8-21(22)25(28)31)19-11-13-20(14-12-19)27-24(30)15-10-18-6-2-1-3-7-18/h1-9,11-14,17,23,29H,10,15-16H2,(H,27,30). The van der Waals surface area contributed by atoms with Crippen molar-refractivity contribution in [1.82, 2.24) is 9.55 Å². The van der Waals surface area contributed by atoms with Crippen molar-refractivity contribution in [2.45, 2.75) is 25.5 Å². The van der Waals surface area contributed by atoms with Crippen LogP contribution in [-0.2, 0) is 17.8 Å². The highest BCUT2D eigenvalue weighted by Gasteiger charge is 2.12. The van der Waals surface area contributed by atoms with Crippen LogP contribution in [0.3, 0.4) is 0 Å². The van der Waals surface area contributed by atoms with Gasteiger partial charge in [0, 0.05) is 12.1 Å². The molecule has 1 unspecified atom stereocenters. The number of aliphatic hydroxyl groups is 1. The van der Waals surface area contributed by atoms with Gasteiger partial charge in [-0.3, -0.25) is 14.2 Å². The zero-order valence-corrected chi connectivity index (χ0v) is 16.9. The summed E-state index contributed by atoms with van der Waals surface area (Å²) in [6.45, 7) is 0.0967. The van der Waals surface area contributed by atoms with Gasteiger partial charge in [0.2, 0.25) is 5.91 Å². The molecule has 3 aromatic carbocycles. The summed E-state index contributed by atoms with van der Waals surface area (Å²) in [5, 5.41) is 14.0. The average Bonchev–Trinajstić information content (AvgIpc) is 2.81. The number of hydrogen-bond acceptors (Lipinski definition) is 4. The first-order chi connectivity index (χ1) is 15.1. The second-order valence-corrected chi connectivity index (χ2v) is 7.39. The topological polar surface area (TPSA) is 84.2 Å². The fraction of sp³-hybridized carbons (Fsp3) is 0.160. The van der Waals surface area contributed by atoms with E-state index >= 15 is 0 Å². The summed E-state index contributed by atoms with van der Waals surface area (Å²) in [6.07, 6.45) is 1.66. The molecule has 6 heteroatoms. The van der Waals surface area contributed by atoms with Crippen LogP contribution >= 0.6 is 0 Å². The Kier molecular flexibility index (Phi) is 6.19. The first kappa shape index (κ1) is 20.5. The minimum absolute atomic E-state index is 0.0639. The van der Waals surface area contributed by atoms with Crippen LogP contribution < -0.4 is 10.9 Å². The molecular formula is C25H23N3O3. The molecule has 0 aliphatic rings. The molecule has 1 aromatic heterocycles. The molecule has 0 radical (unpaired) electrons. The minimum atomic E-state index is -0.872. The number of carbonyl (C=O) groups excluding carboxylic acids is 1. The maximum atomic E-state index is 12.6. The summed E-state index contributed by atoms with van der Waals surface area (Å²) < 4.78 is 1.41. The van der Waals surface area contributed by atoms with E-state index < -0.39 is 6.10 Å². The number of carbonyl (C=O) groups is 1. The van der Waals surface area contributed by atoms with Crippen molar-refractivity contribution in [3.05, 3.63) is 107 Å². The molecule has 0 aliphatic heterocycles. The summed E-state index contributed by atoms with van der Waals surface area (Å²) in [7, 11) is 0. The number of anilines is 1. The SMILES string of the molecule is O=C(CCc1ccccc1)Nc1ccc(C(O)Cn2cnc3ccccc3c2=O)cc1. The Morgan fingerprint density at radius 3 is 2.45 bits per heavy atom. The monoisotopic (exact) mass is 413 g/mol. The summed E-state index contributed by atoms with van der Waals surface area (Å²) >= 11 is 0. The Bertz CT molecular complexity index is 1230. The molecule has 1 atom stereocenters. The maximum Gasteiger partial charge on any atom is 0.261 e. The van der Waals surface area contributed by atoms with Crippen LogP contribution in [0.5, 0.6) is 0 Å². The van der Waals surface area contributed by atoms with Gasteiger partial charge in [0.1, 0.15) is 0 Å². The summed E-state index contributed by atoms with van der Waals surface area (Å²) in [4.78, 5) is 29.1. The van der Waals surface area contributed by atoms with Gasteiger partial charge in [-0.15, -0.1) is 0 Å². The number of nitrogens with one attached hydrogen (secondary N) is 1. The van der Waals surface area contributed by atoms with Crippen molar-refractivity contribution >= 4 is 22.5 Å². The maximum absolute atomic E-state index is 12.6. The first-order valence-corrected chi connectivity index (χ1v) is 10.2. The van der Waals surface area contributed by atoms with Crippen LogP contribution in [-0.4, -0.2) is 20.6 Å². The number of amides is 1. The Labute approximate surface area is 179 Å². The second-order valence-electron chi connectivity index (χ2n) is 7.39. The van der Waals surface area contributed by atoms with Gasteiger partial charge in [-0.1, -0.05) is 54.6 Å². The molecule has 4 aromatic rings. The number of aryl methyl sites for hydroxylation is 1. The lowest BCUT2D eigenvalue weighted by Gasteiger charge is -2.14. The molecule has 4 rings (SSSR count). The van der Waals surface area contributed by atoms with Crippen molar-refractivity contribution in [2.75, 3.05) is 5.32 Å². The highest BCUT2D eigenvalue weighted by molar-refractivity contribution is 5.90. The van der Waals surface area contributed by atoms with Gasteiger partial charge in [-0.2, -0.15) is 0 Å². The highest BCUT2D eigenvalue weighted by atomic mass is 16.3. The Balaban J connectivity index is 1.37. The van der Waals surface area contributed by atoms with Gasteiger partial charge in [-0.05, 0) is 41.8 Å². The number of benzene rings is 3. The number of hydrogen-bond donors (Lipinski definition) is 2. The van der Waals surface area contributed by atoms with Crippen LogP contribution in [0.15, 0.2) is 90.0 Å². The quantitative estimate of drug-likeness (QED) is 0.484. The summed E-state index contributed by atoms with van der Waals surface area (Å²) in [5.41, 5.74) is 2.88. The molecule has 6 nitrogen and oxygen atoms in total. The second kappa shape index (κ2) is 9.36. The lowest BCUT2D eigenvalue weighted by atomic mass is 10.1. The van der Waals surface area contributed by atoms with E-state index in [1.807, 2.05) is 36.4 Å². The molecule has 0 saturated carbocycles. The van der Waals surface area contributed by atoms with Gasteiger partial charge < -0.3 is 10.4 Å². The van der Waals surface area contributed by atoms with Crippen molar-refractivity contribution in [3.8, 4) is 0 Å². The molecule has 0 fully saturated rings. The molecule has 0 aliphatic carbocycles. The van der Waals surface area contributed by atoms with Gasteiger partial charge in [0.25, 0.3) is 5.56 Å². The lowest BCUT2D eigenvalue weighted by Crippen LogP contribution is -2.23. The fourth-order valence-corrected chi connectivity index (χ4v) is 3.44. The van der Waals surface area contributed by atoms with Crippen LogP contribution in [0.1, 0.15) is 23.7 Å². The number of rotatable bonds is 7. The van der Waals surface area contributed by atoms with Gasteiger partial charge >= 0.3 is 0 Å². The molecule has 0 saturated heterocycles. The van der Waals surface area contributed by atoms with E-state index in [0.29, 0.717) is 35.0 Å². The van der Waals surface area contributed by atoms with Crippen LogP contribution in [0.2, 0.25) is 0 Å². The highest BCUT2D eigenvalue weighted by Crippen LogP contribution is 2.18. The van der Waals surface area contributed by atoms with E-state index in [-0.39, 0.29) is 18.0 Å². The molecule has 0 bridgehead atoms. The van der Waals surface area contributed by atoms with E-state index in [9.17, 15) is 14.7 Å². The smallest absolute Gasteiger partial charge is 0.261 e. The Hall–Kier alpha value is -3.77. The van der Waals surface area contributed by atoms with Gasteiger partial charge in [0.15, 0.2) is 0 Å². The molecule has 2 N–H and O–H groups in total. The molecule has 156 valence electrons. The van der Waals surface area contributed by atoms with E-state index in [2.05, 4.69) is 10.3 Å². The van der Waals surface area contributed by atoms with Crippen molar-refractivity contribution in [2.24, 2.45) is 0 Å². The lowest BCUT2D eigenvalue weighted by molar-refractivity contribution is -0.116. The third-order valence-corrected chi connectivity index (χ3v) is 5.16. The Morgan fingerprint density at radius 2 is 1.68 bits per heavy atom. The van der Waals surface area contributed by atoms with Crippen molar-refractivity contribution in [1.29, 1.82) is 0 Å². The zero-order valence-electron chi connectivity index (χ0n) is 16.9. The van der Waals surface area contributed by atoms with Crippen LogP contribution in [0.4, 0.5) is 5.69 Å². The predicted octanol–water partition coefficient (Wildman–Crippen LogP) is 3.70. The summed E-state index contributed by atoms with van der Waals surface area (Å²) in [5.74, 6) is -0.0639. The largest absolute Gasteiger partial charge is 0.387 e. The molecule has 1 amide bonds. The predicted molar refractivity (Wildman–Crippen MR) is 121 cm³/mol. The number of para-hydroxylation sites is 1. The molecule has 0 spiro atoms. The normalized spacial score (nSPS) is 11.9. The third kappa shape index (κ3) is 5.05.